The van der Waals surface area contributed by atoms with Crippen LogP contribution < -0.4 is 4.74 Å². The average Bonchev–Trinajstić information content (AvgIpc) is 2.53. The van der Waals surface area contributed by atoms with E-state index in [0.29, 0.717) is 6.07 Å². The minimum Gasteiger partial charge on any atom is -0.493 e. The Kier molecular flexibility index (Phi) is 5.26. The number of nitrogens with zero attached hydrogens (tertiary/aromatic N) is 1. The molecule has 0 amide bonds. The topological polar surface area (TPSA) is 33.0 Å². The van der Waals surface area contributed by atoms with E-state index < -0.39 is 29.0 Å². The molecule has 2 nitrogen and oxygen atoms in total. The summed E-state index contributed by atoms with van der Waals surface area (Å²) in [6, 6.07) is 9.13. The van der Waals surface area contributed by atoms with E-state index >= 15 is 0 Å². The lowest BCUT2D eigenvalue weighted by atomic mass is 10.0. The Hall–Kier alpha value is -2.69. The summed E-state index contributed by atoms with van der Waals surface area (Å²) in [7, 11) is 0. The van der Waals surface area contributed by atoms with Gasteiger partial charge in [-0.25, -0.2) is 0 Å². The molecule has 0 radical (unpaired) electrons. The lowest BCUT2D eigenvalue weighted by Crippen LogP contribution is -2.12. The maximum atomic E-state index is 12.9. The summed E-state index contributed by atoms with van der Waals surface area (Å²) in [5, 5.41) is 8.71. The highest BCUT2D eigenvalue weighted by atomic mass is 19.4. The van der Waals surface area contributed by atoms with Gasteiger partial charge in [0.1, 0.15) is 5.75 Å². The van der Waals surface area contributed by atoms with Crippen molar-refractivity contribution in [3.63, 3.8) is 0 Å². The molecule has 0 heterocycles. The van der Waals surface area contributed by atoms with E-state index in [1.165, 1.54) is 30.3 Å². The molecule has 0 aromatic heterocycles. The molecule has 25 heavy (non-hydrogen) atoms. The third-order valence-corrected chi connectivity index (χ3v) is 3.38. The number of ether oxygens (including phenoxy) is 1. The molecule has 0 fully saturated rings. The molecule has 8 heteroatoms. The smallest absolute Gasteiger partial charge is 0.417 e. The molecule has 0 aliphatic heterocycles. The van der Waals surface area contributed by atoms with Crippen LogP contribution in [0.25, 0.3) is 0 Å². The van der Waals surface area contributed by atoms with Crippen LogP contribution in [0.1, 0.15) is 22.3 Å². The molecule has 2 rings (SSSR count). The highest BCUT2D eigenvalue weighted by Crippen LogP contribution is 2.34. The molecule has 0 saturated heterocycles. The number of nitriles is 1. The van der Waals surface area contributed by atoms with Crippen molar-refractivity contribution in [1.29, 1.82) is 5.26 Å². The number of benzene rings is 2. The molecule has 0 spiro atoms. The van der Waals surface area contributed by atoms with Crippen LogP contribution in [-0.4, -0.2) is 6.61 Å². The quantitative estimate of drug-likeness (QED) is 0.702. The Bertz CT molecular complexity index is 789. The van der Waals surface area contributed by atoms with Crippen LogP contribution >= 0.6 is 0 Å². The van der Waals surface area contributed by atoms with Crippen LogP contribution in [0.4, 0.5) is 26.3 Å². The van der Waals surface area contributed by atoms with E-state index in [2.05, 4.69) is 0 Å². The first-order valence-corrected chi connectivity index (χ1v) is 7.02. The second-order valence-electron chi connectivity index (χ2n) is 5.07. The molecule has 0 N–H and O–H groups in total. The SMILES string of the molecule is N#Cc1ccc(OCCc2ccccc2C(F)(F)F)cc1C(F)(F)F. The van der Waals surface area contributed by atoms with Crippen LogP contribution in [0.2, 0.25) is 0 Å². The second-order valence-corrected chi connectivity index (χ2v) is 5.07. The van der Waals surface area contributed by atoms with E-state index in [1.807, 2.05) is 0 Å². The summed E-state index contributed by atoms with van der Waals surface area (Å²) in [4.78, 5) is 0. The van der Waals surface area contributed by atoms with E-state index in [-0.39, 0.29) is 24.3 Å². The van der Waals surface area contributed by atoms with Crippen molar-refractivity contribution in [2.75, 3.05) is 6.61 Å². The third-order valence-electron chi connectivity index (χ3n) is 3.38. The molecule has 132 valence electrons. The van der Waals surface area contributed by atoms with Crippen molar-refractivity contribution in [3.8, 4) is 11.8 Å². The molecule has 0 bridgehead atoms. The van der Waals surface area contributed by atoms with Crippen LogP contribution in [0.3, 0.4) is 0 Å². The van der Waals surface area contributed by atoms with E-state index in [0.717, 1.165) is 12.1 Å². The lowest BCUT2D eigenvalue weighted by molar-refractivity contribution is -0.139. The number of alkyl halides is 6. The number of hydrogen-bond donors (Lipinski definition) is 0. The van der Waals surface area contributed by atoms with Gasteiger partial charge in [-0.05, 0) is 29.8 Å². The Balaban J connectivity index is 2.13. The normalized spacial score (nSPS) is 11.9. The summed E-state index contributed by atoms with van der Waals surface area (Å²) in [6.45, 7) is -0.240. The summed E-state index contributed by atoms with van der Waals surface area (Å²) in [5.41, 5.74) is -2.53. The van der Waals surface area contributed by atoms with E-state index in [4.69, 9.17) is 10.00 Å². The molecule has 2 aromatic carbocycles. The lowest BCUT2D eigenvalue weighted by Gasteiger charge is -2.14. The molecule has 0 saturated carbocycles. The zero-order valence-electron chi connectivity index (χ0n) is 12.6. The maximum absolute atomic E-state index is 12.9. The fourth-order valence-corrected chi connectivity index (χ4v) is 2.24. The van der Waals surface area contributed by atoms with Gasteiger partial charge in [0.15, 0.2) is 0 Å². The molecule has 0 atom stereocenters. The third kappa shape index (κ3) is 4.66. The summed E-state index contributed by atoms with van der Waals surface area (Å²) >= 11 is 0. The van der Waals surface area contributed by atoms with Gasteiger partial charge in [0.05, 0.1) is 29.4 Å². The molecule has 0 aliphatic carbocycles. The Morgan fingerprint density at radius 2 is 1.52 bits per heavy atom. The zero-order valence-corrected chi connectivity index (χ0v) is 12.6. The second kappa shape index (κ2) is 7.05. The molecular weight excluding hydrogens is 348 g/mol. The van der Waals surface area contributed by atoms with Crippen LogP contribution in [0.15, 0.2) is 42.5 Å². The van der Waals surface area contributed by atoms with Crippen LogP contribution in [0, 0.1) is 11.3 Å². The van der Waals surface area contributed by atoms with Crippen LogP contribution in [0.5, 0.6) is 5.75 Å². The van der Waals surface area contributed by atoms with Gasteiger partial charge in [0.2, 0.25) is 0 Å². The van der Waals surface area contributed by atoms with Gasteiger partial charge >= 0.3 is 12.4 Å². The van der Waals surface area contributed by atoms with Crippen molar-refractivity contribution in [2.45, 2.75) is 18.8 Å². The highest BCUT2D eigenvalue weighted by molar-refractivity contribution is 5.44. The van der Waals surface area contributed by atoms with Crippen LogP contribution in [-0.2, 0) is 18.8 Å². The van der Waals surface area contributed by atoms with E-state index in [1.54, 1.807) is 0 Å². The molecular formula is C17H11F6NO. The van der Waals surface area contributed by atoms with Crippen molar-refractivity contribution >= 4 is 0 Å². The van der Waals surface area contributed by atoms with Crippen molar-refractivity contribution in [3.05, 3.63) is 64.7 Å². The van der Waals surface area contributed by atoms with Gasteiger partial charge in [0.25, 0.3) is 0 Å². The fourth-order valence-electron chi connectivity index (χ4n) is 2.24. The van der Waals surface area contributed by atoms with Gasteiger partial charge in [-0.2, -0.15) is 31.6 Å². The fraction of sp³-hybridized carbons (Fsp3) is 0.235. The minimum absolute atomic E-state index is 0.0142. The molecule has 2 aromatic rings. The number of rotatable bonds is 4. The van der Waals surface area contributed by atoms with Gasteiger partial charge in [0, 0.05) is 6.42 Å². The van der Waals surface area contributed by atoms with Gasteiger partial charge in [-0.3, -0.25) is 0 Å². The number of halogens is 6. The average molecular weight is 359 g/mol. The highest BCUT2D eigenvalue weighted by Gasteiger charge is 2.34. The summed E-state index contributed by atoms with van der Waals surface area (Å²) in [6.07, 6.45) is -9.38. The van der Waals surface area contributed by atoms with Crippen molar-refractivity contribution in [1.82, 2.24) is 0 Å². The first kappa shape index (κ1) is 18.6. The monoisotopic (exact) mass is 359 g/mol. The molecule has 0 aliphatic rings. The minimum atomic E-state index is -4.73. The standard InChI is InChI=1S/C17H11F6NO/c18-16(19,20)14-4-2-1-3-11(14)7-8-25-13-6-5-12(10-24)15(9-13)17(21,22)23/h1-6,9H,7-8H2. The Labute approximate surface area is 139 Å². The summed E-state index contributed by atoms with van der Waals surface area (Å²) < 4.78 is 82.3. The largest absolute Gasteiger partial charge is 0.493 e. The molecule has 0 unspecified atom stereocenters. The van der Waals surface area contributed by atoms with Gasteiger partial charge < -0.3 is 4.74 Å². The van der Waals surface area contributed by atoms with Crippen molar-refractivity contribution < 1.29 is 31.1 Å². The zero-order chi connectivity index (χ0) is 18.7. The van der Waals surface area contributed by atoms with Crippen molar-refractivity contribution in [2.24, 2.45) is 0 Å². The van der Waals surface area contributed by atoms with Gasteiger partial charge in [-0.15, -0.1) is 0 Å². The first-order valence-electron chi connectivity index (χ1n) is 7.02. The predicted octanol–water partition coefficient (Wildman–Crippen LogP) is 5.22. The van der Waals surface area contributed by atoms with E-state index in [9.17, 15) is 26.3 Å². The Morgan fingerprint density at radius 3 is 2.12 bits per heavy atom. The predicted molar refractivity (Wildman–Crippen MR) is 76.8 cm³/mol. The Morgan fingerprint density at radius 1 is 0.880 bits per heavy atom. The van der Waals surface area contributed by atoms with Gasteiger partial charge in [-0.1, -0.05) is 18.2 Å². The first-order chi connectivity index (χ1) is 11.6. The number of hydrogen-bond acceptors (Lipinski definition) is 2. The maximum Gasteiger partial charge on any atom is 0.417 e. The summed E-state index contributed by atoms with van der Waals surface area (Å²) in [5.74, 6) is -0.171.